The molecule has 0 rings (SSSR count). The molecule has 0 fully saturated rings. The van der Waals surface area contributed by atoms with Gasteiger partial charge in [-0.25, -0.2) is 4.79 Å². The van der Waals surface area contributed by atoms with E-state index in [-0.39, 0.29) is 12.6 Å². The molecule has 0 heterocycles. The summed E-state index contributed by atoms with van der Waals surface area (Å²) in [7, 11) is 0. The smallest absolute Gasteiger partial charge is 0.332 e. The Labute approximate surface area is 107 Å². The Balaban J connectivity index is 3.94. The van der Waals surface area contributed by atoms with Gasteiger partial charge in [0.1, 0.15) is 0 Å². The van der Waals surface area contributed by atoms with Crippen molar-refractivity contribution in [1.82, 2.24) is 5.32 Å². The summed E-state index contributed by atoms with van der Waals surface area (Å²) in [5.41, 5.74) is 5.46. The van der Waals surface area contributed by atoms with E-state index < -0.39 is 17.9 Å². The van der Waals surface area contributed by atoms with Crippen LogP contribution in [-0.2, 0) is 14.3 Å². The summed E-state index contributed by atoms with van der Waals surface area (Å²) in [6.45, 7) is 5.88. The van der Waals surface area contributed by atoms with Crippen molar-refractivity contribution < 1.29 is 14.3 Å². The van der Waals surface area contributed by atoms with Crippen LogP contribution in [0.3, 0.4) is 0 Å². The van der Waals surface area contributed by atoms with Crippen LogP contribution in [0.15, 0.2) is 0 Å². The van der Waals surface area contributed by atoms with E-state index in [4.69, 9.17) is 5.73 Å². The first-order chi connectivity index (χ1) is 8.02. The van der Waals surface area contributed by atoms with E-state index >= 15 is 0 Å². The van der Waals surface area contributed by atoms with Crippen molar-refractivity contribution in [3.05, 3.63) is 0 Å². The number of rotatable bonds is 8. The minimum absolute atomic E-state index is 0.0158. The zero-order valence-electron chi connectivity index (χ0n) is 10.7. The summed E-state index contributed by atoms with van der Waals surface area (Å²) in [4.78, 5) is 22.8. The van der Waals surface area contributed by atoms with Crippen LogP contribution >= 0.6 is 11.8 Å². The van der Waals surface area contributed by atoms with Gasteiger partial charge in [0.05, 0.1) is 6.61 Å². The third-order valence-electron chi connectivity index (χ3n) is 2.11. The molecule has 5 nitrogen and oxygen atoms in total. The number of thioether (sulfide) groups is 1. The van der Waals surface area contributed by atoms with Crippen LogP contribution in [0.25, 0.3) is 0 Å². The highest BCUT2D eigenvalue weighted by atomic mass is 32.2. The zero-order chi connectivity index (χ0) is 13.3. The number of hydrogen-bond acceptors (Lipinski definition) is 5. The van der Waals surface area contributed by atoms with E-state index in [0.29, 0.717) is 0 Å². The fraction of sp³-hybridized carbons (Fsp3) is 0.818. The Morgan fingerprint density at radius 3 is 2.59 bits per heavy atom. The predicted octanol–water partition coefficient (Wildman–Crippen LogP) is 0.525. The Kier molecular flexibility index (Phi) is 8.89. The molecular weight excluding hydrogens is 240 g/mol. The average molecular weight is 262 g/mol. The molecule has 1 amide bonds. The van der Waals surface area contributed by atoms with Crippen molar-refractivity contribution in [2.24, 2.45) is 5.73 Å². The minimum Gasteiger partial charge on any atom is -0.464 e. The highest BCUT2D eigenvalue weighted by Crippen LogP contribution is 2.03. The van der Waals surface area contributed by atoms with Gasteiger partial charge in [0.2, 0.25) is 5.91 Å². The van der Waals surface area contributed by atoms with Gasteiger partial charge in [0, 0.05) is 6.04 Å². The molecule has 2 atom stereocenters. The van der Waals surface area contributed by atoms with E-state index in [9.17, 15) is 9.59 Å². The first kappa shape index (κ1) is 16.2. The molecule has 0 aliphatic heterocycles. The van der Waals surface area contributed by atoms with Crippen molar-refractivity contribution in [2.45, 2.75) is 39.3 Å². The number of nitrogens with two attached hydrogens (primary N) is 1. The van der Waals surface area contributed by atoms with Crippen LogP contribution in [0.1, 0.15) is 27.2 Å². The number of amides is 1. The van der Waals surface area contributed by atoms with E-state index in [1.54, 1.807) is 6.92 Å². The Morgan fingerprint density at radius 1 is 1.41 bits per heavy atom. The van der Waals surface area contributed by atoms with Crippen molar-refractivity contribution in [3.8, 4) is 0 Å². The number of hydrogen-bond donors (Lipinski definition) is 2. The molecule has 0 aromatic rings. The second-order valence-corrected chi connectivity index (χ2v) is 5.02. The largest absolute Gasteiger partial charge is 0.464 e. The molecule has 3 N–H and O–H groups in total. The first-order valence-electron chi connectivity index (χ1n) is 5.83. The predicted molar refractivity (Wildman–Crippen MR) is 69.8 cm³/mol. The number of carbonyl (C=O) groups excluding carboxylic acids is 2. The maximum Gasteiger partial charge on any atom is 0.332 e. The zero-order valence-corrected chi connectivity index (χ0v) is 11.5. The maximum absolute atomic E-state index is 11.6. The Bertz CT molecular complexity index is 249. The number of nitrogens with one attached hydrogen (secondary N) is 1. The lowest BCUT2D eigenvalue weighted by Crippen LogP contribution is -2.49. The van der Waals surface area contributed by atoms with E-state index in [1.807, 2.05) is 18.7 Å². The van der Waals surface area contributed by atoms with Gasteiger partial charge in [-0.15, -0.1) is 0 Å². The summed E-state index contributed by atoms with van der Waals surface area (Å²) in [5.74, 6) is 0.882. The van der Waals surface area contributed by atoms with Gasteiger partial charge in [0.15, 0.2) is 6.04 Å². The topological polar surface area (TPSA) is 81.4 Å². The van der Waals surface area contributed by atoms with Crippen LogP contribution < -0.4 is 11.1 Å². The lowest BCUT2D eigenvalue weighted by atomic mass is 10.2. The van der Waals surface area contributed by atoms with Crippen molar-refractivity contribution in [3.63, 3.8) is 0 Å². The van der Waals surface area contributed by atoms with Gasteiger partial charge >= 0.3 is 5.97 Å². The highest BCUT2D eigenvalue weighted by molar-refractivity contribution is 7.99. The molecule has 2 unspecified atom stereocenters. The summed E-state index contributed by atoms with van der Waals surface area (Å²) in [5, 5.41) is 2.70. The molecule has 17 heavy (non-hydrogen) atoms. The third kappa shape index (κ3) is 7.23. The Morgan fingerprint density at radius 2 is 2.06 bits per heavy atom. The van der Waals surface area contributed by atoms with Crippen LogP contribution in [0.5, 0.6) is 0 Å². The van der Waals surface area contributed by atoms with Crippen molar-refractivity contribution in [1.29, 1.82) is 0 Å². The van der Waals surface area contributed by atoms with Crippen LogP contribution in [0.2, 0.25) is 0 Å². The van der Waals surface area contributed by atoms with E-state index in [2.05, 4.69) is 17.0 Å². The molecule has 0 saturated carbocycles. The van der Waals surface area contributed by atoms with Gasteiger partial charge in [-0.1, -0.05) is 6.92 Å². The monoisotopic (exact) mass is 262 g/mol. The molecule has 6 heteroatoms. The fourth-order valence-corrected chi connectivity index (χ4v) is 1.96. The van der Waals surface area contributed by atoms with Gasteiger partial charge in [-0.05, 0) is 31.8 Å². The minimum atomic E-state index is -1.23. The van der Waals surface area contributed by atoms with Gasteiger partial charge < -0.3 is 15.8 Å². The van der Waals surface area contributed by atoms with Crippen LogP contribution in [-0.4, -0.2) is 42.1 Å². The van der Waals surface area contributed by atoms with Gasteiger partial charge in [-0.2, -0.15) is 11.8 Å². The molecular formula is C11H22N2O3S. The number of esters is 1. The third-order valence-corrected chi connectivity index (χ3v) is 3.04. The van der Waals surface area contributed by atoms with Crippen molar-refractivity contribution >= 4 is 23.6 Å². The van der Waals surface area contributed by atoms with E-state index in [0.717, 1.165) is 17.9 Å². The number of ether oxygens (including phenoxy) is 1. The molecule has 100 valence electrons. The average Bonchev–Trinajstić information content (AvgIpc) is 2.28. The molecule has 0 saturated heterocycles. The molecule has 0 aliphatic carbocycles. The summed E-state index contributed by atoms with van der Waals surface area (Å²) < 4.78 is 4.68. The van der Waals surface area contributed by atoms with Gasteiger partial charge in [0.25, 0.3) is 0 Å². The van der Waals surface area contributed by atoms with E-state index in [1.165, 1.54) is 0 Å². The van der Waals surface area contributed by atoms with Crippen LogP contribution in [0, 0.1) is 0 Å². The normalized spacial score (nSPS) is 13.9. The summed E-state index contributed by atoms with van der Waals surface area (Å²) in [6, 6.07) is -1.21. The fourth-order valence-electron chi connectivity index (χ4n) is 1.15. The maximum atomic E-state index is 11.6. The molecule has 0 aromatic heterocycles. The quantitative estimate of drug-likeness (QED) is 0.379. The standard InChI is InChI=1S/C11H22N2O3S/c1-4-16-11(15)9(12)10(14)13-8(3)6-7-17-5-2/h8-9H,4-7,12H2,1-3H3,(H,13,14). The van der Waals surface area contributed by atoms with Crippen molar-refractivity contribution in [2.75, 3.05) is 18.1 Å². The molecule has 0 spiro atoms. The molecule has 0 aromatic carbocycles. The summed E-state index contributed by atoms with van der Waals surface area (Å²) in [6.07, 6.45) is 0.861. The second-order valence-electron chi connectivity index (χ2n) is 3.62. The SMILES string of the molecule is CCOC(=O)C(N)C(=O)NC(C)CCSCC. The van der Waals surface area contributed by atoms with Crippen LogP contribution in [0.4, 0.5) is 0 Å². The number of carbonyl (C=O) groups is 2. The summed E-state index contributed by atoms with van der Waals surface area (Å²) >= 11 is 1.81. The molecule has 0 bridgehead atoms. The molecule has 0 radical (unpaired) electrons. The lowest BCUT2D eigenvalue weighted by molar-refractivity contribution is -0.148. The Hall–Kier alpha value is -0.750. The first-order valence-corrected chi connectivity index (χ1v) is 6.98. The second kappa shape index (κ2) is 9.30. The van der Waals surface area contributed by atoms with Gasteiger partial charge in [-0.3, -0.25) is 4.79 Å². The lowest BCUT2D eigenvalue weighted by Gasteiger charge is -2.16. The molecule has 0 aliphatic rings. The highest BCUT2D eigenvalue weighted by Gasteiger charge is 2.24.